The number of tetrazole rings is 1. The number of halogens is 1. The zero-order chi connectivity index (χ0) is 22.7. The number of carbonyl (C=O) groups excluding carboxylic acids is 1. The Hall–Kier alpha value is -3.37. The first kappa shape index (κ1) is 21.8. The molecule has 1 amide bonds. The van der Waals surface area contributed by atoms with Gasteiger partial charge >= 0.3 is 0 Å². The number of hydrogen-bond donors (Lipinski definition) is 1. The molecule has 2 aromatic carbocycles. The van der Waals surface area contributed by atoms with Crippen LogP contribution in [0.15, 0.2) is 64.5 Å². The van der Waals surface area contributed by atoms with E-state index in [0.717, 1.165) is 11.4 Å². The zero-order valence-corrected chi connectivity index (χ0v) is 19.0. The van der Waals surface area contributed by atoms with Crippen LogP contribution in [0, 0.1) is 6.92 Å². The van der Waals surface area contributed by atoms with Gasteiger partial charge in [-0.1, -0.05) is 41.6 Å². The molecule has 0 aliphatic heterocycles. The molecule has 0 aliphatic rings. The lowest BCUT2D eigenvalue weighted by atomic mass is 10.3. The molecule has 0 bridgehead atoms. The molecule has 0 radical (unpaired) electrons. The van der Waals surface area contributed by atoms with Crippen molar-refractivity contribution in [2.24, 2.45) is 7.05 Å². The third kappa shape index (κ3) is 4.46. The first-order chi connectivity index (χ1) is 15.5. The van der Waals surface area contributed by atoms with Gasteiger partial charge in [0, 0.05) is 24.2 Å². The van der Waals surface area contributed by atoms with Gasteiger partial charge in [-0.05, 0) is 53.7 Å². The fourth-order valence-corrected chi connectivity index (χ4v) is 4.12. The Morgan fingerprint density at radius 3 is 2.53 bits per heavy atom. The molecule has 0 aliphatic carbocycles. The van der Waals surface area contributed by atoms with Gasteiger partial charge in [0.15, 0.2) is 0 Å². The fraction of sp³-hybridized carbons (Fsp3) is 0.190. The Balaban J connectivity index is 1.41. The second kappa shape index (κ2) is 9.41. The standard InChI is InChI=1S/C21H20ClN7O2S/c1-14-19(20(31)29(27(14)2)17-6-4-3-5-7-17)23-18(30)12-13-32-21-24-25-26-28(21)16-10-8-15(22)9-11-16/h3-11H,12-13H2,1-2H3,(H,23,30). The molecule has 0 saturated heterocycles. The zero-order valence-electron chi connectivity index (χ0n) is 17.4. The molecule has 164 valence electrons. The van der Waals surface area contributed by atoms with E-state index in [2.05, 4.69) is 20.8 Å². The molecule has 4 rings (SSSR count). The number of nitrogens with one attached hydrogen (secondary N) is 1. The number of para-hydroxylation sites is 1. The Morgan fingerprint density at radius 1 is 1.09 bits per heavy atom. The van der Waals surface area contributed by atoms with Gasteiger partial charge in [0.25, 0.3) is 5.56 Å². The summed E-state index contributed by atoms with van der Waals surface area (Å²) in [5.41, 5.74) is 2.17. The van der Waals surface area contributed by atoms with Gasteiger partial charge in [0.2, 0.25) is 11.1 Å². The van der Waals surface area contributed by atoms with Gasteiger partial charge in [0.1, 0.15) is 5.69 Å². The molecule has 4 aromatic rings. The van der Waals surface area contributed by atoms with Gasteiger partial charge in [-0.25, -0.2) is 4.68 Å². The van der Waals surface area contributed by atoms with Crippen LogP contribution >= 0.6 is 23.4 Å². The highest BCUT2D eigenvalue weighted by Gasteiger charge is 2.18. The van der Waals surface area contributed by atoms with Crippen molar-refractivity contribution in [3.63, 3.8) is 0 Å². The molecule has 0 saturated carbocycles. The van der Waals surface area contributed by atoms with Gasteiger partial charge in [0.05, 0.1) is 17.1 Å². The van der Waals surface area contributed by atoms with Crippen LogP contribution in [0.25, 0.3) is 11.4 Å². The maximum absolute atomic E-state index is 12.9. The van der Waals surface area contributed by atoms with Gasteiger partial charge in [-0.2, -0.15) is 4.68 Å². The molecular weight excluding hydrogens is 450 g/mol. The molecule has 0 atom stereocenters. The second-order valence-electron chi connectivity index (χ2n) is 6.93. The molecule has 32 heavy (non-hydrogen) atoms. The molecule has 0 fully saturated rings. The maximum Gasteiger partial charge on any atom is 0.295 e. The minimum atomic E-state index is -0.274. The van der Waals surface area contributed by atoms with Crippen molar-refractivity contribution >= 4 is 35.0 Å². The highest BCUT2D eigenvalue weighted by molar-refractivity contribution is 7.99. The lowest BCUT2D eigenvalue weighted by molar-refractivity contribution is -0.115. The number of nitrogens with zero attached hydrogens (tertiary/aromatic N) is 6. The molecule has 9 nitrogen and oxygen atoms in total. The lowest BCUT2D eigenvalue weighted by Crippen LogP contribution is -2.23. The van der Waals surface area contributed by atoms with E-state index in [0.29, 0.717) is 21.6 Å². The number of amides is 1. The molecule has 2 heterocycles. The van der Waals surface area contributed by atoms with Crippen LogP contribution in [-0.4, -0.2) is 41.2 Å². The minimum absolute atomic E-state index is 0.192. The number of thioether (sulfide) groups is 1. The SMILES string of the molecule is Cc1c(NC(=O)CCSc2nnnn2-c2ccc(Cl)cc2)c(=O)n(-c2ccccc2)n1C. The Kier molecular flexibility index (Phi) is 6.42. The number of benzene rings is 2. The summed E-state index contributed by atoms with van der Waals surface area (Å²) in [4.78, 5) is 25.5. The number of rotatable bonds is 7. The summed E-state index contributed by atoms with van der Waals surface area (Å²) in [7, 11) is 1.78. The van der Waals surface area contributed by atoms with Crippen LogP contribution in [-0.2, 0) is 11.8 Å². The van der Waals surface area contributed by atoms with Crippen molar-refractivity contribution in [1.29, 1.82) is 0 Å². The Bertz CT molecular complexity index is 1300. The van der Waals surface area contributed by atoms with Crippen molar-refractivity contribution < 1.29 is 4.79 Å². The predicted molar refractivity (Wildman–Crippen MR) is 124 cm³/mol. The quantitative estimate of drug-likeness (QED) is 0.417. The summed E-state index contributed by atoms with van der Waals surface area (Å²) in [6.45, 7) is 1.80. The van der Waals surface area contributed by atoms with Crippen LogP contribution in [0.1, 0.15) is 12.1 Å². The smallest absolute Gasteiger partial charge is 0.295 e. The van der Waals surface area contributed by atoms with E-state index in [1.54, 1.807) is 35.5 Å². The van der Waals surface area contributed by atoms with Crippen molar-refractivity contribution in [1.82, 2.24) is 29.6 Å². The van der Waals surface area contributed by atoms with E-state index in [-0.39, 0.29) is 23.6 Å². The van der Waals surface area contributed by atoms with Crippen molar-refractivity contribution in [2.45, 2.75) is 18.5 Å². The third-order valence-electron chi connectivity index (χ3n) is 4.89. The van der Waals surface area contributed by atoms with E-state index >= 15 is 0 Å². The number of aromatic nitrogens is 6. The minimum Gasteiger partial charge on any atom is -0.320 e. The summed E-state index contributed by atoms with van der Waals surface area (Å²) < 4.78 is 4.83. The van der Waals surface area contributed by atoms with Crippen molar-refractivity contribution in [2.75, 3.05) is 11.1 Å². The van der Waals surface area contributed by atoms with Crippen molar-refractivity contribution in [3.05, 3.63) is 75.7 Å². The summed E-state index contributed by atoms with van der Waals surface area (Å²) >= 11 is 7.28. The van der Waals surface area contributed by atoms with Crippen LogP contribution in [0.4, 0.5) is 5.69 Å². The van der Waals surface area contributed by atoms with E-state index in [1.807, 2.05) is 42.5 Å². The molecule has 0 spiro atoms. The molecule has 11 heteroatoms. The largest absolute Gasteiger partial charge is 0.320 e. The fourth-order valence-electron chi connectivity index (χ4n) is 3.16. The topological polar surface area (TPSA) is 99.6 Å². The first-order valence-corrected chi connectivity index (χ1v) is 11.1. The van der Waals surface area contributed by atoms with E-state index in [1.165, 1.54) is 16.4 Å². The van der Waals surface area contributed by atoms with E-state index in [4.69, 9.17) is 11.6 Å². The van der Waals surface area contributed by atoms with Crippen molar-refractivity contribution in [3.8, 4) is 11.4 Å². The highest BCUT2D eigenvalue weighted by atomic mass is 35.5. The van der Waals surface area contributed by atoms with Crippen LogP contribution in [0.2, 0.25) is 5.02 Å². The Morgan fingerprint density at radius 2 is 1.81 bits per heavy atom. The van der Waals surface area contributed by atoms with Gasteiger partial charge in [-0.3, -0.25) is 14.3 Å². The third-order valence-corrected chi connectivity index (χ3v) is 6.06. The summed E-state index contributed by atoms with van der Waals surface area (Å²) in [5.74, 6) is 0.187. The van der Waals surface area contributed by atoms with E-state index < -0.39 is 0 Å². The molecule has 2 aromatic heterocycles. The second-order valence-corrected chi connectivity index (χ2v) is 8.43. The molecular formula is C21H20ClN7O2S. The monoisotopic (exact) mass is 469 g/mol. The van der Waals surface area contributed by atoms with Crippen LogP contribution < -0.4 is 10.9 Å². The maximum atomic E-state index is 12.9. The first-order valence-electron chi connectivity index (χ1n) is 9.76. The number of hydrogen-bond acceptors (Lipinski definition) is 6. The van der Waals surface area contributed by atoms with Gasteiger partial charge in [-0.15, -0.1) is 5.10 Å². The van der Waals surface area contributed by atoms with Crippen LogP contribution in [0.3, 0.4) is 0 Å². The van der Waals surface area contributed by atoms with E-state index in [9.17, 15) is 9.59 Å². The van der Waals surface area contributed by atoms with Crippen LogP contribution in [0.5, 0.6) is 0 Å². The van der Waals surface area contributed by atoms with Gasteiger partial charge < -0.3 is 5.32 Å². The number of anilines is 1. The normalized spacial score (nSPS) is 11.0. The Labute approximate surface area is 193 Å². The molecule has 0 unspecified atom stereocenters. The molecule has 1 N–H and O–H groups in total. The predicted octanol–water partition coefficient (Wildman–Crippen LogP) is 3.23. The summed E-state index contributed by atoms with van der Waals surface area (Å²) in [5, 5.41) is 15.7. The number of carbonyl (C=O) groups is 1. The summed E-state index contributed by atoms with van der Waals surface area (Å²) in [6, 6.07) is 16.4. The average molecular weight is 470 g/mol. The summed E-state index contributed by atoms with van der Waals surface area (Å²) in [6.07, 6.45) is 0.192. The average Bonchev–Trinajstić information content (AvgIpc) is 3.34. The highest BCUT2D eigenvalue weighted by Crippen LogP contribution is 2.21. The lowest BCUT2D eigenvalue weighted by Gasteiger charge is -2.07.